The van der Waals surface area contributed by atoms with E-state index in [9.17, 15) is 37.5 Å². The van der Waals surface area contributed by atoms with Crippen molar-refractivity contribution in [1.82, 2.24) is 30.5 Å². The van der Waals surface area contributed by atoms with Crippen molar-refractivity contribution < 1.29 is 37.5 Å². The van der Waals surface area contributed by atoms with Crippen molar-refractivity contribution in [2.24, 2.45) is 17.1 Å². The van der Waals surface area contributed by atoms with Crippen LogP contribution in [0.25, 0.3) is 0 Å². The molecule has 2 heterocycles. The number of nitrogens with one attached hydrogen (secondary N) is 2. The van der Waals surface area contributed by atoms with Crippen molar-refractivity contribution >= 4 is 39.2 Å². The number of hydrogen-bond donors (Lipinski definition) is 4. The summed E-state index contributed by atoms with van der Waals surface area (Å²) in [4.78, 5) is 69.6. The van der Waals surface area contributed by atoms with Gasteiger partial charge in [0.25, 0.3) is 11.8 Å². The highest BCUT2D eigenvalue weighted by Gasteiger charge is 2.63. The Balaban J connectivity index is 1.31. The van der Waals surface area contributed by atoms with Gasteiger partial charge in [0.2, 0.25) is 17.6 Å². The summed E-state index contributed by atoms with van der Waals surface area (Å²) >= 11 is 0. The molecular formula is C36H49N7O8S. The molecule has 4 amide bonds. The van der Waals surface area contributed by atoms with E-state index in [-0.39, 0.29) is 34.8 Å². The van der Waals surface area contributed by atoms with Crippen molar-refractivity contribution in [2.45, 2.75) is 125 Å². The number of amides is 4. The summed E-state index contributed by atoms with van der Waals surface area (Å²) in [6.45, 7) is 3.15. The fourth-order valence-electron chi connectivity index (χ4n) is 8.83. The summed E-state index contributed by atoms with van der Waals surface area (Å²) in [5.74, 6) is -3.55. The number of sulfone groups is 1. The SMILES string of the molecule is CC(C)(O)c1cnnn1C1CC(C(=O)NC2(C(=O)C(N)=O)CC3(CCC3)C2)N(C(=O)[C@@H](CC2CCCCC2)NC(=O)c2ccc(S(C)(=O)=O)cc2)C1. The number of nitrogens with zero attached hydrogens (tertiary/aromatic N) is 4. The highest BCUT2D eigenvalue weighted by atomic mass is 32.2. The number of hydrogen-bond acceptors (Lipinski definition) is 10. The Morgan fingerprint density at radius 1 is 1.04 bits per heavy atom. The first-order valence-corrected chi connectivity index (χ1v) is 20.0. The zero-order valence-electron chi connectivity index (χ0n) is 30.0. The first-order chi connectivity index (χ1) is 24.4. The average Bonchev–Trinajstić information content (AvgIpc) is 3.73. The van der Waals surface area contributed by atoms with E-state index in [0.29, 0.717) is 25.0 Å². The first-order valence-electron chi connectivity index (χ1n) is 18.1. The maximum atomic E-state index is 14.7. The van der Waals surface area contributed by atoms with Crippen LogP contribution in [-0.2, 0) is 34.6 Å². The molecule has 6 rings (SSSR count). The maximum Gasteiger partial charge on any atom is 0.287 e. The van der Waals surface area contributed by atoms with Crippen LogP contribution in [0.2, 0.25) is 0 Å². The summed E-state index contributed by atoms with van der Waals surface area (Å²) in [6.07, 6.45) is 11.1. The number of benzene rings is 1. The molecule has 1 aliphatic heterocycles. The Morgan fingerprint density at radius 3 is 2.25 bits per heavy atom. The lowest BCUT2D eigenvalue weighted by Crippen LogP contribution is -2.71. The summed E-state index contributed by atoms with van der Waals surface area (Å²) in [5.41, 5.74) is 3.08. The molecule has 1 saturated heterocycles. The Labute approximate surface area is 303 Å². The topological polar surface area (TPSA) is 224 Å². The van der Waals surface area contributed by atoms with E-state index in [1.807, 2.05) is 0 Å². The van der Waals surface area contributed by atoms with Gasteiger partial charge >= 0.3 is 0 Å². The van der Waals surface area contributed by atoms with Gasteiger partial charge in [-0.05, 0) is 81.5 Å². The fraction of sp³-hybridized carbons (Fsp3) is 0.639. The third-order valence-electron chi connectivity index (χ3n) is 11.6. The number of nitrogens with two attached hydrogens (primary N) is 1. The summed E-state index contributed by atoms with van der Waals surface area (Å²) in [6, 6.07) is 2.70. The Kier molecular flexibility index (Phi) is 10.1. The van der Waals surface area contributed by atoms with Crippen LogP contribution in [-0.4, -0.2) is 93.3 Å². The molecule has 1 aromatic carbocycles. The molecule has 3 aliphatic carbocycles. The predicted molar refractivity (Wildman–Crippen MR) is 187 cm³/mol. The van der Waals surface area contributed by atoms with Crippen LogP contribution in [0.15, 0.2) is 35.4 Å². The highest BCUT2D eigenvalue weighted by molar-refractivity contribution is 7.90. The molecule has 16 heteroatoms. The van der Waals surface area contributed by atoms with Crippen LogP contribution >= 0.6 is 0 Å². The van der Waals surface area contributed by atoms with E-state index in [2.05, 4.69) is 20.9 Å². The molecule has 5 N–H and O–H groups in total. The second kappa shape index (κ2) is 14.0. The fourth-order valence-corrected chi connectivity index (χ4v) is 9.46. The standard InChI is InChI=1S/C36H49N7O8S/c1-34(2,49)28-18-38-41-43(28)24-17-27(32(47)40-36(29(44)30(37)45)20-35(21-36)14-7-15-35)42(19-24)33(48)26(16-22-8-5-4-6-9-22)39-31(46)23-10-12-25(13-11-23)52(3,50)51/h10-13,18,22,24,26-27,49H,4-9,14-17,19-21H2,1-3H3,(H2,37,45)(H,39,46)(H,40,47)/t24?,26-,27?/m1/s1. The molecule has 4 fully saturated rings. The van der Waals surface area contributed by atoms with E-state index >= 15 is 0 Å². The molecule has 2 unspecified atom stereocenters. The minimum Gasteiger partial charge on any atom is -0.384 e. The third-order valence-corrected chi connectivity index (χ3v) is 12.8. The van der Waals surface area contributed by atoms with Crippen molar-refractivity contribution in [3.8, 4) is 0 Å². The maximum absolute atomic E-state index is 14.7. The second-order valence-corrected chi connectivity index (χ2v) is 18.1. The second-order valence-electron chi connectivity index (χ2n) is 16.1. The van der Waals surface area contributed by atoms with Gasteiger partial charge in [-0.3, -0.25) is 24.0 Å². The van der Waals surface area contributed by atoms with Gasteiger partial charge in [0.1, 0.15) is 23.2 Å². The van der Waals surface area contributed by atoms with E-state index in [1.54, 1.807) is 13.8 Å². The summed E-state index contributed by atoms with van der Waals surface area (Å²) in [5, 5.41) is 24.8. The monoisotopic (exact) mass is 739 g/mol. The average molecular weight is 740 g/mol. The Hall–Kier alpha value is -4.18. The molecule has 1 aromatic heterocycles. The number of carbonyl (C=O) groups is 5. The lowest BCUT2D eigenvalue weighted by atomic mass is 9.47. The molecule has 282 valence electrons. The zero-order valence-corrected chi connectivity index (χ0v) is 30.8. The van der Waals surface area contributed by atoms with Gasteiger partial charge in [0, 0.05) is 24.8 Å². The van der Waals surface area contributed by atoms with Gasteiger partial charge in [0.05, 0.1) is 22.8 Å². The Bertz CT molecular complexity index is 1830. The normalized spacial score (nSPS) is 23.3. The zero-order chi connectivity index (χ0) is 37.6. The number of ketones is 1. The molecule has 1 spiro atoms. The number of Topliss-reactive ketones (excluding diaryl/α,β-unsaturated/α-hetero) is 1. The van der Waals surface area contributed by atoms with Crippen LogP contribution in [0, 0.1) is 11.3 Å². The van der Waals surface area contributed by atoms with E-state index in [0.717, 1.165) is 57.6 Å². The summed E-state index contributed by atoms with van der Waals surface area (Å²) in [7, 11) is -3.49. The van der Waals surface area contributed by atoms with Gasteiger partial charge in [-0.1, -0.05) is 43.7 Å². The molecule has 0 bridgehead atoms. The number of aromatic nitrogens is 3. The molecule has 0 radical (unpaired) electrons. The smallest absolute Gasteiger partial charge is 0.287 e. The van der Waals surface area contributed by atoms with Crippen molar-refractivity contribution in [2.75, 3.05) is 12.8 Å². The Morgan fingerprint density at radius 2 is 1.69 bits per heavy atom. The number of likely N-dealkylation sites (tertiary alicyclic amines) is 1. The van der Waals surface area contributed by atoms with E-state index in [1.165, 1.54) is 40.0 Å². The predicted octanol–water partition coefficient (Wildman–Crippen LogP) is 1.69. The first kappa shape index (κ1) is 37.6. The van der Waals surface area contributed by atoms with E-state index < -0.39 is 68.5 Å². The van der Waals surface area contributed by atoms with Gasteiger partial charge in [-0.2, -0.15) is 0 Å². The largest absolute Gasteiger partial charge is 0.384 e. The number of aliphatic hydroxyl groups is 1. The van der Waals surface area contributed by atoms with Crippen LogP contribution in [0.1, 0.15) is 113 Å². The van der Waals surface area contributed by atoms with Crippen LogP contribution in [0.5, 0.6) is 0 Å². The summed E-state index contributed by atoms with van der Waals surface area (Å²) < 4.78 is 25.5. The number of rotatable bonds is 12. The van der Waals surface area contributed by atoms with Crippen LogP contribution in [0.4, 0.5) is 0 Å². The van der Waals surface area contributed by atoms with Crippen molar-refractivity contribution in [1.29, 1.82) is 0 Å². The molecule has 4 aliphatic rings. The molecule has 2 aromatic rings. The van der Waals surface area contributed by atoms with Gasteiger partial charge in [-0.15, -0.1) is 5.10 Å². The van der Waals surface area contributed by atoms with Crippen LogP contribution in [0.3, 0.4) is 0 Å². The van der Waals surface area contributed by atoms with Crippen molar-refractivity contribution in [3.63, 3.8) is 0 Å². The third kappa shape index (κ3) is 7.49. The highest BCUT2D eigenvalue weighted by Crippen LogP contribution is 2.60. The van der Waals surface area contributed by atoms with Crippen molar-refractivity contribution in [3.05, 3.63) is 41.7 Å². The minimum absolute atomic E-state index is 0.00976. The van der Waals surface area contributed by atoms with Gasteiger partial charge < -0.3 is 26.4 Å². The molecule has 3 saturated carbocycles. The molecular weight excluding hydrogens is 691 g/mol. The van der Waals surface area contributed by atoms with Crippen LogP contribution < -0.4 is 16.4 Å². The molecule has 3 atom stereocenters. The molecule has 52 heavy (non-hydrogen) atoms. The molecule has 15 nitrogen and oxygen atoms in total. The van der Waals surface area contributed by atoms with Gasteiger partial charge in [0.15, 0.2) is 9.84 Å². The number of primary amides is 1. The van der Waals surface area contributed by atoms with E-state index in [4.69, 9.17) is 5.73 Å². The van der Waals surface area contributed by atoms with Gasteiger partial charge in [-0.25, -0.2) is 13.1 Å². The quantitative estimate of drug-likeness (QED) is 0.231. The number of carbonyl (C=O) groups excluding carboxylic acids is 5. The lowest BCUT2D eigenvalue weighted by molar-refractivity contribution is -0.156. The lowest BCUT2D eigenvalue weighted by Gasteiger charge is -2.60. The minimum atomic E-state index is -3.49.